The Morgan fingerprint density at radius 3 is 2.41 bits per heavy atom. The van der Waals surface area contributed by atoms with E-state index in [9.17, 15) is 32.7 Å². The summed E-state index contributed by atoms with van der Waals surface area (Å²) < 4.78 is 39.6. The van der Waals surface area contributed by atoms with Crippen LogP contribution in [0.25, 0.3) is 0 Å². The number of aromatic amines is 1. The topological polar surface area (TPSA) is 90.5 Å². The van der Waals surface area contributed by atoms with Crippen LogP contribution in [0.15, 0.2) is 58.4 Å². The quantitative estimate of drug-likeness (QED) is 0.545. The number of hydrogen-bond donors (Lipinski definition) is 2. The number of alkyl halides is 3. The van der Waals surface area contributed by atoms with E-state index >= 15 is 0 Å². The molecule has 1 saturated heterocycles. The van der Waals surface area contributed by atoms with Crippen molar-refractivity contribution in [2.45, 2.75) is 22.4 Å². The number of amides is 2. The third-order valence-electron chi connectivity index (χ3n) is 5.51. The van der Waals surface area contributed by atoms with Crippen LogP contribution in [0.4, 0.5) is 18.9 Å². The van der Waals surface area contributed by atoms with Crippen LogP contribution in [0.2, 0.25) is 0 Å². The molecule has 3 atom stereocenters. The zero-order valence-electron chi connectivity index (χ0n) is 15.9. The van der Waals surface area contributed by atoms with Gasteiger partial charge >= 0.3 is 11.0 Å². The molecule has 2 amide bonds. The number of aromatic hydroxyl groups is 1. The number of thiazole rings is 1. The molecule has 2 aliphatic heterocycles. The predicted octanol–water partition coefficient (Wildman–Crippen LogP) is 3.96. The van der Waals surface area contributed by atoms with Gasteiger partial charge in [0.1, 0.15) is 11.0 Å². The summed E-state index contributed by atoms with van der Waals surface area (Å²) in [5, 5.41) is 9.19. The van der Waals surface area contributed by atoms with Crippen LogP contribution < -0.4 is 9.77 Å². The molecule has 2 aromatic carbocycles. The van der Waals surface area contributed by atoms with Crippen molar-refractivity contribution in [2.75, 3.05) is 4.90 Å². The highest BCUT2D eigenvalue weighted by Gasteiger charge is 2.56. The van der Waals surface area contributed by atoms with Gasteiger partial charge < -0.3 is 10.1 Å². The number of hydrogen-bond acceptors (Lipinski definition) is 6. The molecule has 5 rings (SSSR count). The molecule has 6 nitrogen and oxygen atoms in total. The highest BCUT2D eigenvalue weighted by Crippen LogP contribution is 2.53. The fraction of sp³-hybridized carbons (Fsp3) is 0.190. The van der Waals surface area contributed by atoms with E-state index < -0.39 is 40.6 Å². The SMILES string of the molecule is O=C1[C@H]2[C@H](c3ccc(O)cc3)c3sc(=O)[nH]c3S[C@H]2C(=O)N1c1cccc(C(F)(F)F)c1. The number of H-pyrrole nitrogens is 1. The number of nitrogens with zero attached hydrogens (tertiary/aromatic N) is 1. The molecular weight excluding hydrogens is 465 g/mol. The molecule has 1 aromatic heterocycles. The molecule has 2 aliphatic rings. The first-order valence-corrected chi connectivity index (χ1v) is 11.1. The molecule has 0 unspecified atom stereocenters. The van der Waals surface area contributed by atoms with Gasteiger partial charge in [-0.15, -0.1) is 0 Å². The molecule has 1 fully saturated rings. The Bertz CT molecular complexity index is 1300. The lowest BCUT2D eigenvalue weighted by atomic mass is 9.83. The van der Waals surface area contributed by atoms with Crippen molar-refractivity contribution in [3.63, 3.8) is 0 Å². The van der Waals surface area contributed by atoms with Crippen molar-refractivity contribution in [3.8, 4) is 5.75 Å². The van der Waals surface area contributed by atoms with Crippen LogP contribution >= 0.6 is 23.1 Å². The van der Waals surface area contributed by atoms with Gasteiger partial charge in [0.25, 0.3) is 0 Å². The van der Waals surface area contributed by atoms with Crippen LogP contribution in [0.1, 0.15) is 21.9 Å². The van der Waals surface area contributed by atoms with E-state index in [0.717, 1.165) is 46.2 Å². The van der Waals surface area contributed by atoms with E-state index in [4.69, 9.17) is 0 Å². The van der Waals surface area contributed by atoms with Crippen LogP contribution in [-0.4, -0.2) is 27.2 Å². The van der Waals surface area contributed by atoms with Crippen molar-refractivity contribution >= 4 is 40.6 Å². The minimum atomic E-state index is -4.62. The second-order valence-electron chi connectivity index (χ2n) is 7.40. The van der Waals surface area contributed by atoms with Gasteiger partial charge in [-0.1, -0.05) is 41.3 Å². The smallest absolute Gasteiger partial charge is 0.416 e. The molecule has 164 valence electrons. The van der Waals surface area contributed by atoms with Gasteiger partial charge in [-0.05, 0) is 35.9 Å². The van der Waals surface area contributed by atoms with E-state index in [1.807, 2.05) is 0 Å². The summed E-state index contributed by atoms with van der Waals surface area (Å²) in [4.78, 5) is 42.4. The van der Waals surface area contributed by atoms with Crippen LogP contribution in [0, 0.1) is 5.92 Å². The van der Waals surface area contributed by atoms with Gasteiger partial charge in [-0.2, -0.15) is 13.2 Å². The van der Waals surface area contributed by atoms with Crippen molar-refractivity contribution in [1.82, 2.24) is 4.98 Å². The number of nitrogens with one attached hydrogen (secondary N) is 1. The molecule has 3 aromatic rings. The van der Waals surface area contributed by atoms with E-state index in [0.29, 0.717) is 15.5 Å². The molecule has 0 spiro atoms. The first-order valence-electron chi connectivity index (χ1n) is 9.39. The Balaban J connectivity index is 1.62. The first-order chi connectivity index (χ1) is 15.1. The number of rotatable bonds is 2. The number of carbonyl (C=O) groups is 2. The summed E-state index contributed by atoms with van der Waals surface area (Å²) in [7, 11) is 0. The maximum absolute atomic E-state index is 13.5. The molecule has 0 aliphatic carbocycles. The van der Waals surface area contributed by atoms with Crippen LogP contribution in [0.5, 0.6) is 5.75 Å². The lowest BCUT2D eigenvalue weighted by Gasteiger charge is -2.29. The number of imide groups is 1. The summed E-state index contributed by atoms with van der Waals surface area (Å²) >= 11 is 1.97. The Hall–Kier alpha value is -3.05. The van der Waals surface area contributed by atoms with Gasteiger partial charge in [-0.25, -0.2) is 4.90 Å². The largest absolute Gasteiger partial charge is 0.508 e. The van der Waals surface area contributed by atoms with E-state index in [2.05, 4.69) is 4.98 Å². The zero-order valence-corrected chi connectivity index (χ0v) is 17.6. The summed E-state index contributed by atoms with van der Waals surface area (Å²) in [5.41, 5.74) is -0.496. The Morgan fingerprint density at radius 1 is 1.00 bits per heavy atom. The Morgan fingerprint density at radius 2 is 1.72 bits per heavy atom. The third-order valence-corrected chi connectivity index (χ3v) is 7.91. The second kappa shape index (κ2) is 7.24. The molecule has 2 N–H and O–H groups in total. The fourth-order valence-electron chi connectivity index (χ4n) is 4.13. The van der Waals surface area contributed by atoms with Crippen molar-refractivity contribution < 1.29 is 27.9 Å². The lowest BCUT2D eigenvalue weighted by Crippen LogP contribution is -2.32. The van der Waals surface area contributed by atoms with Gasteiger partial charge in [-0.3, -0.25) is 14.4 Å². The Labute approximate surface area is 186 Å². The van der Waals surface area contributed by atoms with Crippen LogP contribution in [-0.2, 0) is 15.8 Å². The van der Waals surface area contributed by atoms with Crippen molar-refractivity contribution in [2.24, 2.45) is 5.92 Å². The number of fused-ring (bicyclic) bond motifs is 2. The van der Waals surface area contributed by atoms with Gasteiger partial charge in [0.2, 0.25) is 11.8 Å². The predicted molar refractivity (Wildman–Crippen MR) is 112 cm³/mol. The zero-order chi connectivity index (χ0) is 22.8. The molecule has 0 saturated carbocycles. The average molecular weight is 478 g/mol. The molecule has 3 heterocycles. The number of benzene rings is 2. The van der Waals surface area contributed by atoms with E-state index in [-0.39, 0.29) is 16.3 Å². The number of halogens is 3. The summed E-state index contributed by atoms with van der Waals surface area (Å²) in [6, 6.07) is 10.2. The number of thioether (sulfide) groups is 1. The summed E-state index contributed by atoms with van der Waals surface area (Å²) in [6.45, 7) is 0. The fourth-order valence-corrected chi connectivity index (χ4v) is 6.65. The van der Waals surface area contributed by atoms with Gasteiger partial charge in [0.05, 0.1) is 22.2 Å². The summed E-state index contributed by atoms with van der Waals surface area (Å²) in [6.07, 6.45) is -4.62. The number of aromatic nitrogens is 1. The number of carbonyl (C=O) groups excluding carboxylic acids is 2. The minimum absolute atomic E-state index is 0.0115. The van der Waals surface area contributed by atoms with Gasteiger partial charge in [0.15, 0.2) is 0 Å². The first kappa shape index (κ1) is 20.8. The van der Waals surface area contributed by atoms with E-state index in [1.54, 1.807) is 12.1 Å². The lowest BCUT2D eigenvalue weighted by molar-refractivity contribution is -0.137. The number of phenolic OH excluding ortho intramolecular Hbond substituents is 1. The molecular formula is C21H13F3N2O4S2. The molecule has 11 heteroatoms. The molecule has 32 heavy (non-hydrogen) atoms. The van der Waals surface area contributed by atoms with Gasteiger partial charge in [0, 0.05) is 10.8 Å². The normalized spacial score (nSPS) is 22.7. The second-order valence-corrected chi connectivity index (χ2v) is 9.57. The highest BCUT2D eigenvalue weighted by molar-refractivity contribution is 8.00. The maximum Gasteiger partial charge on any atom is 0.416 e. The van der Waals surface area contributed by atoms with Crippen molar-refractivity contribution in [1.29, 1.82) is 0 Å². The standard InChI is InChI=1S/C21H13F3N2O4S2/c22-21(23,24)10-2-1-3-11(8-10)26-18(28)14-13(9-4-6-12(27)7-5-9)15-17(25-20(30)32-15)31-16(14)19(26)29/h1-8,13-14,16,27H,(H,25,30)/t13-,14-,16+/m0/s1. The average Bonchev–Trinajstić information content (AvgIpc) is 3.23. The maximum atomic E-state index is 13.5. The van der Waals surface area contributed by atoms with E-state index in [1.165, 1.54) is 18.2 Å². The highest BCUT2D eigenvalue weighted by atomic mass is 32.2. The molecule has 0 bridgehead atoms. The number of phenols is 1. The molecule has 0 radical (unpaired) electrons. The minimum Gasteiger partial charge on any atom is -0.508 e. The van der Waals surface area contributed by atoms with Crippen LogP contribution in [0.3, 0.4) is 0 Å². The third kappa shape index (κ3) is 3.23. The number of anilines is 1. The monoisotopic (exact) mass is 478 g/mol. The summed E-state index contributed by atoms with van der Waals surface area (Å²) in [5.74, 6) is -2.82. The van der Waals surface area contributed by atoms with Crippen molar-refractivity contribution in [3.05, 3.63) is 74.2 Å². The Kier molecular flexibility index (Phi) is 4.71.